The second-order valence-electron chi connectivity index (χ2n) is 9.01. The molecule has 2 atom stereocenters. The first-order valence-electron chi connectivity index (χ1n) is 12.1. The largest absolute Gasteiger partial charge is 0.488 e. The fourth-order valence-corrected chi connectivity index (χ4v) is 3.91. The molecule has 0 unspecified atom stereocenters. The number of hydrogen-bond donors (Lipinski definition) is 1. The van der Waals surface area contributed by atoms with E-state index in [0.29, 0.717) is 42.3 Å². The number of pyridine rings is 1. The molecule has 1 N–H and O–H groups in total. The number of benzene rings is 1. The minimum Gasteiger partial charge on any atom is -0.488 e. The molecule has 0 spiro atoms. The molecule has 0 radical (unpaired) electrons. The molecule has 1 aromatic carbocycles. The lowest BCUT2D eigenvalue weighted by molar-refractivity contribution is -0.137. The molecular weight excluding hydrogens is 519 g/mol. The second kappa shape index (κ2) is 12.2. The number of hydrogen-bond acceptors (Lipinski definition) is 7. The Balaban J connectivity index is 1.21. The van der Waals surface area contributed by atoms with Crippen LogP contribution < -0.4 is 14.8 Å². The molecule has 39 heavy (non-hydrogen) atoms. The van der Waals surface area contributed by atoms with Crippen molar-refractivity contribution in [2.75, 3.05) is 32.6 Å². The van der Waals surface area contributed by atoms with Crippen molar-refractivity contribution < 1.29 is 37.0 Å². The summed E-state index contributed by atoms with van der Waals surface area (Å²) >= 11 is 0. The maximum Gasteiger partial charge on any atom is 0.416 e. The summed E-state index contributed by atoms with van der Waals surface area (Å²) in [6.07, 6.45) is -0.122. The average Bonchev–Trinajstić information content (AvgIpc) is 3.56. The summed E-state index contributed by atoms with van der Waals surface area (Å²) in [5.74, 6) is 0.385. The maximum absolute atomic E-state index is 12.7. The van der Waals surface area contributed by atoms with Crippen LogP contribution >= 0.6 is 0 Å². The van der Waals surface area contributed by atoms with Gasteiger partial charge in [-0.15, -0.1) is 0 Å². The molecule has 208 valence electrons. The Kier molecular flexibility index (Phi) is 8.69. The number of rotatable bonds is 10. The van der Waals surface area contributed by atoms with Crippen LogP contribution in [-0.2, 0) is 33.5 Å². The van der Waals surface area contributed by atoms with Gasteiger partial charge in [-0.05, 0) is 30.2 Å². The topological polar surface area (TPSA) is 108 Å². The second-order valence-corrected chi connectivity index (χ2v) is 9.01. The van der Waals surface area contributed by atoms with E-state index in [1.165, 1.54) is 41.2 Å². The van der Waals surface area contributed by atoms with E-state index < -0.39 is 17.8 Å². The van der Waals surface area contributed by atoms with Crippen molar-refractivity contribution in [3.63, 3.8) is 0 Å². The van der Waals surface area contributed by atoms with Crippen molar-refractivity contribution in [2.24, 2.45) is 0 Å². The van der Waals surface area contributed by atoms with Gasteiger partial charge in [0.2, 0.25) is 11.8 Å². The molecule has 1 fully saturated rings. The van der Waals surface area contributed by atoms with E-state index in [9.17, 15) is 22.8 Å². The van der Waals surface area contributed by atoms with Crippen LogP contribution in [0.2, 0.25) is 0 Å². The number of carbonyl (C=O) groups excluding carboxylic acids is 2. The van der Waals surface area contributed by atoms with E-state index in [1.807, 2.05) is 0 Å². The molecule has 3 aromatic rings. The van der Waals surface area contributed by atoms with Crippen molar-refractivity contribution in [1.82, 2.24) is 19.7 Å². The van der Waals surface area contributed by atoms with Crippen molar-refractivity contribution >= 4 is 17.5 Å². The third kappa shape index (κ3) is 7.69. The highest BCUT2D eigenvalue weighted by atomic mass is 19.4. The lowest BCUT2D eigenvalue weighted by atomic mass is 10.1. The number of halogens is 3. The number of ether oxygens (including phenoxy) is 3. The molecule has 1 aliphatic heterocycles. The highest BCUT2D eigenvalue weighted by Crippen LogP contribution is 2.29. The summed E-state index contributed by atoms with van der Waals surface area (Å²) in [5, 5.41) is 6.85. The number of alkyl halides is 3. The van der Waals surface area contributed by atoms with E-state index in [2.05, 4.69) is 15.4 Å². The molecule has 3 heterocycles. The molecule has 13 heteroatoms. The molecule has 0 aliphatic carbocycles. The number of amides is 2. The first kappa shape index (κ1) is 27.9. The highest BCUT2D eigenvalue weighted by molar-refractivity contribution is 5.94. The van der Waals surface area contributed by atoms with Crippen LogP contribution in [0.5, 0.6) is 11.6 Å². The van der Waals surface area contributed by atoms with Gasteiger partial charge < -0.3 is 24.4 Å². The van der Waals surface area contributed by atoms with E-state index in [0.717, 1.165) is 12.1 Å². The first-order valence-corrected chi connectivity index (χ1v) is 12.1. The van der Waals surface area contributed by atoms with Crippen molar-refractivity contribution in [3.05, 3.63) is 66.1 Å². The van der Waals surface area contributed by atoms with Gasteiger partial charge in [0.15, 0.2) is 0 Å². The van der Waals surface area contributed by atoms with Gasteiger partial charge in [-0.3, -0.25) is 14.3 Å². The lowest BCUT2D eigenvalue weighted by Gasteiger charge is -2.17. The Morgan fingerprint density at radius 2 is 2.00 bits per heavy atom. The van der Waals surface area contributed by atoms with Gasteiger partial charge in [-0.25, -0.2) is 4.98 Å². The standard InChI is InChI=1S/C26H28F3N5O5/c1-33(10-8-17-3-5-18(6-4-17)26(27,28)29)24(35)15-34-14-19(13-31-34)32-25(36)22-11-21(16-38-22)39-20-7-9-30-23(12-20)37-2/h3-7,9,12-14,21-22H,8,10-11,15-16H2,1-2H3,(H,32,36)/t21-,22+/m0/s1. The van der Waals surface area contributed by atoms with Gasteiger partial charge in [0, 0.05) is 38.5 Å². The van der Waals surface area contributed by atoms with Gasteiger partial charge in [-0.2, -0.15) is 18.3 Å². The summed E-state index contributed by atoms with van der Waals surface area (Å²) < 4.78 is 56.0. The van der Waals surface area contributed by atoms with Gasteiger partial charge in [0.1, 0.15) is 24.5 Å². The number of likely N-dealkylation sites (N-methyl/N-ethyl adjacent to an activating group) is 1. The summed E-state index contributed by atoms with van der Waals surface area (Å²) in [5.41, 5.74) is 0.386. The Morgan fingerprint density at radius 3 is 2.72 bits per heavy atom. The number of nitrogens with zero attached hydrogens (tertiary/aromatic N) is 4. The monoisotopic (exact) mass is 547 g/mol. The first-order chi connectivity index (χ1) is 18.6. The van der Waals surface area contributed by atoms with E-state index in [-0.39, 0.29) is 31.1 Å². The molecule has 1 saturated heterocycles. The normalized spacial score (nSPS) is 17.1. The van der Waals surface area contributed by atoms with Crippen molar-refractivity contribution in [3.8, 4) is 11.6 Å². The third-order valence-corrected chi connectivity index (χ3v) is 6.11. The SMILES string of the molecule is COc1cc(O[C@@H]2CO[C@@H](C(=O)Nc3cnn(CC(=O)N(C)CCc4ccc(C(F)(F)F)cc4)c3)C2)ccn1. The molecule has 2 aromatic heterocycles. The molecule has 1 aliphatic rings. The average molecular weight is 548 g/mol. The van der Waals surface area contributed by atoms with E-state index >= 15 is 0 Å². The van der Waals surface area contributed by atoms with Crippen LogP contribution in [0.1, 0.15) is 17.5 Å². The van der Waals surface area contributed by atoms with Crippen LogP contribution in [0.15, 0.2) is 55.0 Å². The Hall–Kier alpha value is -4.13. The number of carbonyl (C=O) groups is 2. The number of nitrogens with one attached hydrogen (secondary N) is 1. The molecule has 10 nitrogen and oxygen atoms in total. The Labute approximate surface area is 222 Å². The summed E-state index contributed by atoms with van der Waals surface area (Å²) in [6.45, 7) is 0.503. The highest BCUT2D eigenvalue weighted by Gasteiger charge is 2.33. The molecule has 0 saturated carbocycles. The van der Waals surface area contributed by atoms with Crippen LogP contribution in [0, 0.1) is 0 Å². The zero-order valence-corrected chi connectivity index (χ0v) is 21.4. The fourth-order valence-electron chi connectivity index (χ4n) is 3.91. The number of aromatic nitrogens is 3. The molecule has 0 bridgehead atoms. The zero-order chi connectivity index (χ0) is 28.0. The Morgan fingerprint density at radius 1 is 1.23 bits per heavy atom. The van der Waals surface area contributed by atoms with Crippen LogP contribution in [0.4, 0.5) is 18.9 Å². The molecule has 2 amide bonds. The third-order valence-electron chi connectivity index (χ3n) is 6.11. The summed E-state index contributed by atoms with van der Waals surface area (Å²) in [6, 6.07) is 8.20. The zero-order valence-electron chi connectivity index (χ0n) is 21.4. The predicted octanol–water partition coefficient (Wildman–Crippen LogP) is 3.18. The lowest BCUT2D eigenvalue weighted by Crippen LogP contribution is -2.32. The van der Waals surface area contributed by atoms with E-state index in [1.54, 1.807) is 25.4 Å². The smallest absolute Gasteiger partial charge is 0.416 e. The van der Waals surface area contributed by atoms with Gasteiger partial charge in [-0.1, -0.05) is 12.1 Å². The molecule has 4 rings (SSSR count). The van der Waals surface area contributed by atoms with Crippen LogP contribution in [0.25, 0.3) is 0 Å². The van der Waals surface area contributed by atoms with Gasteiger partial charge in [0.05, 0.1) is 31.2 Å². The van der Waals surface area contributed by atoms with Crippen LogP contribution in [-0.4, -0.2) is 71.0 Å². The molecular formula is C26H28F3N5O5. The minimum atomic E-state index is -4.39. The van der Waals surface area contributed by atoms with Gasteiger partial charge in [0.25, 0.3) is 5.91 Å². The summed E-state index contributed by atoms with van der Waals surface area (Å²) in [7, 11) is 3.12. The Bertz CT molecular complexity index is 1280. The minimum absolute atomic E-state index is 0.0649. The van der Waals surface area contributed by atoms with Gasteiger partial charge >= 0.3 is 6.18 Å². The number of anilines is 1. The van der Waals surface area contributed by atoms with Crippen molar-refractivity contribution in [1.29, 1.82) is 0 Å². The number of methoxy groups -OCH3 is 1. The van der Waals surface area contributed by atoms with Crippen LogP contribution in [0.3, 0.4) is 0 Å². The maximum atomic E-state index is 12.7. The quantitative estimate of drug-likeness (QED) is 0.416. The van der Waals surface area contributed by atoms with E-state index in [4.69, 9.17) is 14.2 Å². The fraction of sp³-hybridized carbons (Fsp3) is 0.385. The predicted molar refractivity (Wildman–Crippen MR) is 133 cm³/mol. The summed E-state index contributed by atoms with van der Waals surface area (Å²) in [4.78, 5) is 30.7. The van der Waals surface area contributed by atoms with Crippen molar-refractivity contribution in [2.45, 2.75) is 37.8 Å².